The van der Waals surface area contributed by atoms with Crippen LogP contribution in [0.3, 0.4) is 0 Å². The van der Waals surface area contributed by atoms with Crippen LogP contribution in [0.1, 0.15) is 47.1 Å². The summed E-state index contributed by atoms with van der Waals surface area (Å²) in [6, 6.07) is 6.20. The third-order valence-corrected chi connectivity index (χ3v) is 6.44. The smallest absolute Gasteiger partial charge is 0.318 e. The number of hydrogen-bond donors (Lipinski definition) is 1. The zero-order chi connectivity index (χ0) is 18.1. The molecule has 0 aliphatic rings. The largest absolute Gasteiger partial charge is 0.369 e. The van der Waals surface area contributed by atoms with Crippen LogP contribution in [0.25, 0.3) is 0 Å². The minimum absolute atomic E-state index is 0.0171. The molecule has 8 heteroatoms. The first-order valence-electron chi connectivity index (χ1n) is 7.21. The Morgan fingerprint density at radius 3 is 1.70 bits per heavy atom. The molecule has 0 heterocycles. The van der Waals surface area contributed by atoms with Crippen molar-refractivity contribution in [1.29, 1.82) is 0 Å². The van der Waals surface area contributed by atoms with E-state index in [-0.39, 0.29) is 4.90 Å². The normalized spacial score (nSPS) is 13.9. The number of sulfonamides is 1. The molecule has 1 N–H and O–H groups in total. The molecule has 6 nitrogen and oxygen atoms in total. The van der Waals surface area contributed by atoms with Gasteiger partial charge < -0.3 is 4.89 Å². The van der Waals surface area contributed by atoms with Crippen molar-refractivity contribution >= 4 is 17.8 Å². The van der Waals surface area contributed by atoms with Crippen molar-refractivity contribution in [2.75, 3.05) is 0 Å². The molecule has 0 radical (unpaired) electrons. The quantitative estimate of drug-likeness (QED) is 0.808. The Labute approximate surface area is 139 Å². The maximum absolute atomic E-state index is 12.5. The predicted octanol–water partition coefficient (Wildman–Crippen LogP) is 4.25. The predicted molar refractivity (Wildman–Crippen MR) is 91.6 cm³/mol. The van der Waals surface area contributed by atoms with E-state index in [4.69, 9.17) is 9.05 Å². The first kappa shape index (κ1) is 20.3. The molecule has 0 bridgehead atoms. The van der Waals surface area contributed by atoms with Gasteiger partial charge in [-0.3, -0.25) is 9.05 Å². The third-order valence-electron chi connectivity index (χ3n) is 2.32. The van der Waals surface area contributed by atoms with Crippen molar-refractivity contribution in [2.45, 2.75) is 64.6 Å². The Morgan fingerprint density at radius 2 is 1.35 bits per heavy atom. The topological polar surface area (TPSA) is 85.2 Å². The molecule has 0 unspecified atom stereocenters. The molecule has 1 rings (SSSR count). The highest BCUT2D eigenvalue weighted by molar-refractivity contribution is 7.93. The van der Waals surface area contributed by atoms with Gasteiger partial charge >= 0.3 is 7.74 Å². The molecular formula is C15H26NO5PS. The number of aryl methyl sites for hydroxylation is 1. The lowest BCUT2D eigenvalue weighted by atomic mass is 10.2. The molecule has 1 aromatic carbocycles. The second-order valence-corrected chi connectivity index (χ2v) is 10.7. The summed E-state index contributed by atoms with van der Waals surface area (Å²) in [5.41, 5.74) is -0.717. The first-order chi connectivity index (χ1) is 10.1. The second-order valence-electron chi connectivity index (χ2n) is 7.27. The van der Waals surface area contributed by atoms with E-state index in [1.165, 1.54) is 12.1 Å². The van der Waals surface area contributed by atoms with Gasteiger partial charge in [-0.25, -0.2) is 0 Å². The lowest BCUT2D eigenvalue weighted by Gasteiger charge is -2.31. The van der Waals surface area contributed by atoms with Gasteiger partial charge in [0.25, 0.3) is 10.0 Å². The molecule has 132 valence electrons. The lowest BCUT2D eigenvalue weighted by Crippen LogP contribution is -2.24. The molecular weight excluding hydrogens is 337 g/mol. The zero-order valence-corrected chi connectivity index (χ0v) is 16.4. The van der Waals surface area contributed by atoms with Crippen molar-refractivity contribution in [2.24, 2.45) is 4.15 Å². The summed E-state index contributed by atoms with van der Waals surface area (Å²) in [6.07, 6.45) is 0. The van der Waals surface area contributed by atoms with Gasteiger partial charge in [-0.05, 0) is 60.6 Å². The first-order valence-corrected chi connectivity index (χ1v) is 10.2. The van der Waals surface area contributed by atoms with E-state index in [0.717, 1.165) is 5.56 Å². The number of nitrogens with zero attached hydrogens (tertiary/aromatic N) is 1. The van der Waals surface area contributed by atoms with Crippen LogP contribution in [0.5, 0.6) is 0 Å². The molecule has 0 aliphatic carbocycles. The Balaban J connectivity index is 3.39. The maximum atomic E-state index is 12.5. The summed E-state index contributed by atoms with van der Waals surface area (Å²) >= 11 is 0. The van der Waals surface area contributed by atoms with Gasteiger partial charge in [-0.15, -0.1) is 0 Å². The van der Waals surface area contributed by atoms with E-state index in [9.17, 15) is 13.3 Å². The van der Waals surface area contributed by atoms with E-state index in [1.807, 2.05) is 6.92 Å². The van der Waals surface area contributed by atoms with Crippen LogP contribution in [0.2, 0.25) is 0 Å². The van der Waals surface area contributed by atoms with Gasteiger partial charge in [0.05, 0.1) is 16.1 Å². The number of rotatable bonds is 4. The average Bonchev–Trinajstić information content (AvgIpc) is 2.21. The van der Waals surface area contributed by atoms with E-state index < -0.39 is 29.0 Å². The monoisotopic (exact) mass is 363 g/mol. The molecule has 0 aromatic heterocycles. The highest BCUT2D eigenvalue weighted by Gasteiger charge is 2.34. The molecule has 0 atom stereocenters. The van der Waals surface area contributed by atoms with Gasteiger partial charge in [-0.2, -0.15) is 8.42 Å². The Kier molecular flexibility index (Phi) is 5.88. The van der Waals surface area contributed by atoms with Gasteiger partial charge in [0.2, 0.25) is 0 Å². The second kappa shape index (κ2) is 6.65. The van der Waals surface area contributed by atoms with Gasteiger partial charge in [0.1, 0.15) is 0 Å². The van der Waals surface area contributed by atoms with Gasteiger partial charge in [0, 0.05) is 0 Å². The van der Waals surface area contributed by atoms with Crippen LogP contribution < -0.4 is 0 Å². The van der Waals surface area contributed by atoms with Crippen LogP contribution in [0.4, 0.5) is 0 Å². The molecule has 23 heavy (non-hydrogen) atoms. The molecule has 0 saturated carbocycles. The van der Waals surface area contributed by atoms with Crippen LogP contribution in [0, 0.1) is 6.92 Å². The van der Waals surface area contributed by atoms with Crippen LogP contribution in [-0.4, -0.2) is 24.5 Å². The van der Waals surface area contributed by atoms with Gasteiger partial charge in [0.15, 0.2) is 0 Å². The third kappa shape index (κ3) is 7.14. The fourth-order valence-corrected chi connectivity index (χ4v) is 5.33. The van der Waals surface area contributed by atoms with Crippen LogP contribution in [-0.2, 0) is 19.1 Å². The Morgan fingerprint density at radius 1 is 0.957 bits per heavy atom. The lowest BCUT2D eigenvalue weighted by molar-refractivity contribution is 0.0394. The Hall–Kier alpha value is -0.720. The fraction of sp³-hybridized carbons (Fsp3) is 0.600. The van der Waals surface area contributed by atoms with E-state index in [1.54, 1.807) is 53.7 Å². The zero-order valence-electron chi connectivity index (χ0n) is 14.7. The molecule has 0 fully saturated rings. The fourth-order valence-electron chi connectivity index (χ4n) is 1.66. The van der Waals surface area contributed by atoms with E-state index in [2.05, 4.69) is 4.15 Å². The molecule has 1 aromatic rings. The maximum Gasteiger partial charge on any atom is 0.369 e. The highest BCUT2D eigenvalue weighted by Crippen LogP contribution is 2.55. The average molecular weight is 363 g/mol. The number of benzene rings is 1. The van der Waals surface area contributed by atoms with Crippen molar-refractivity contribution < 1.29 is 22.4 Å². The van der Waals surface area contributed by atoms with E-state index in [0.29, 0.717) is 0 Å². The summed E-state index contributed by atoms with van der Waals surface area (Å²) in [5.74, 6) is 0. The van der Waals surface area contributed by atoms with Crippen molar-refractivity contribution in [1.82, 2.24) is 0 Å². The molecule has 0 spiro atoms. The Bertz CT molecular complexity index is 677. The van der Waals surface area contributed by atoms with Crippen molar-refractivity contribution in [3.05, 3.63) is 29.8 Å². The molecule has 0 aliphatic heterocycles. The number of hydrogen-bond acceptors (Lipinski definition) is 4. The van der Waals surface area contributed by atoms with Crippen LogP contribution in [0.15, 0.2) is 33.3 Å². The minimum atomic E-state index is -4.11. The summed E-state index contributed by atoms with van der Waals surface area (Å²) in [4.78, 5) is 10.6. The molecule has 0 amide bonds. The molecule has 0 saturated heterocycles. The SMILES string of the molecule is Cc1ccc(S(=O)(=O)N=P(O)(OC(C)(C)C)OC(C)(C)C)cc1. The summed E-state index contributed by atoms with van der Waals surface area (Å²) in [6.45, 7) is 12.0. The summed E-state index contributed by atoms with van der Waals surface area (Å²) in [7, 11) is -8.08. The van der Waals surface area contributed by atoms with E-state index >= 15 is 0 Å². The standard InChI is InChI=1S/C15H26NO5PS/c1-12-8-10-13(11-9-12)23(18,19)16-22(17,20-14(2,3)4)21-15(5,6)7/h8-11,17H,1-7H3. The van der Waals surface area contributed by atoms with Crippen molar-refractivity contribution in [3.63, 3.8) is 0 Å². The van der Waals surface area contributed by atoms with Crippen molar-refractivity contribution in [3.8, 4) is 0 Å². The minimum Gasteiger partial charge on any atom is -0.318 e. The van der Waals surface area contributed by atoms with Gasteiger partial charge in [-0.1, -0.05) is 21.8 Å². The summed E-state index contributed by atoms with van der Waals surface area (Å²) in [5, 5.41) is 0. The highest BCUT2D eigenvalue weighted by atomic mass is 32.2. The summed E-state index contributed by atoms with van der Waals surface area (Å²) < 4.78 is 39.5. The van der Waals surface area contributed by atoms with Crippen LogP contribution >= 0.6 is 7.74 Å².